The fourth-order valence-corrected chi connectivity index (χ4v) is 3.95. The van der Waals surface area contributed by atoms with E-state index in [1.165, 1.54) is 0 Å². The lowest BCUT2D eigenvalue weighted by Gasteiger charge is -2.36. The number of hydrogen-bond acceptors (Lipinski definition) is 3. The average Bonchev–Trinajstić information content (AvgIpc) is 3.10. The molecule has 0 radical (unpaired) electrons. The van der Waals surface area contributed by atoms with Gasteiger partial charge in [0.25, 0.3) is 0 Å². The number of carbonyl (C=O) groups is 3. The first-order valence-corrected chi connectivity index (χ1v) is 10.2. The van der Waals surface area contributed by atoms with E-state index in [-0.39, 0.29) is 35.6 Å². The van der Waals surface area contributed by atoms with Crippen molar-refractivity contribution in [3.8, 4) is 0 Å². The number of likely N-dealkylation sites (tertiary alicyclic amines) is 1. The normalized spacial score (nSPS) is 18.2. The lowest BCUT2D eigenvalue weighted by atomic mass is 9.72. The summed E-state index contributed by atoms with van der Waals surface area (Å²) in [5, 5.41) is 2.99. The van der Waals surface area contributed by atoms with Crippen LogP contribution in [0.1, 0.15) is 60.8 Å². The third kappa shape index (κ3) is 6.22. The predicted octanol–water partition coefficient (Wildman–Crippen LogP) is 2.53. The molecule has 3 atom stereocenters. The molecule has 6 nitrogen and oxygen atoms in total. The highest BCUT2D eigenvalue weighted by molar-refractivity contribution is 5.85. The van der Waals surface area contributed by atoms with Crippen LogP contribution in [0.4, 0.5) is 0 Å². The van der Waals surface area contributed by atoms with Crippen molar-refractivity contribution in [2.24, 2.45) is 23.2 Å². The Bertz CT molecular complexity index is 537. The molecule has 0 aliphatic carbocycles. The van der Waals surface area contributed by atoms with Gasteiger partial charge in [0.1, 0.15) is 0 Å². The smallest absolute Gasteiger partial charge is 0.227 e. The van der Waals surface area contributed by atoms with Crippen LogP contribution in [0.15, 0.2) is 0 Å². The van der Waals surface area contributed by atoms with Crippen molar-refractivity contribution in [2.45, 2.75) is 66.8 Å². The molecule has 1 fully saturated rings. The molecule has 1 saturated heterocycles. The molecule has 1 aliphatic rings. The number of nitrogens with one attached hydrogen (secondary N) is 1. The Morgan fingerprint density at radius 3 is 2.00 bits per heavy atom. The van der Waals surface area contributed by atoms with Crippen LogP contribution in [-0.4, -0.2) is 60.7 Å². The van der Waals surface area contributed by atoms with Gasteiger partial charge in [-0.05, 0) is 39.0 Å². The summed E-state index contributed by atoms with van der Waals surface area (Å²) in [6, 6.07) is 0.0180. The first kappa shape index (κ1) is 23.4. The van der Waals surface area contributed by atoms with Gasteiger partial charge in [0, 0.05) is 50.5 Å². The Kier molecular flexibility index (Phi) is 8.30. The largest absolute Gasteiger partial charge is 0.354 e. The first-order valence-electron chi connectivity index (χ1n) is 10.2. The zero-order valence-corrected chi connectivity index (χ0v) is 18.5. The van der Waals surface area contributed by atoms with E-state index in [4.69, 9.17) is 0 Å². The predicted molar refractivity (Wildman–Crippen MR) is 108 cm³/mol. The van der Waals surface area contributed by atoms with Crippen LogP contribution in [0, 0.1) is 23.2 Å². The van der Waals surface area contributed by atoms with Crippen molar-refractivity contribution in [3.05, 3.63) is 0 Å². The fraction of sp³-hybridized carbons (Fsp3) is 0.857. The molecule has 156 valence electrons. The fourth-order valence-electron chi connectivity index (χ4n) is 3.95. The number of nitrogens with zero attached hydrogens (tertiary/aromatic N) is 2. The van der Waals surface area contributed by atoms with Crippen molar-refractivity contribution >= 4 is 17.7 Å². The maximum Gasteiger partial charge on any atom is 0.227 e. The van der Waals surface area contributed by atoms with E-state index in [1.54, 1.807) is 19.0 Å². The SMILES string of the molecule is CC(C)NC(=O)C(CC(C)(C)C(=O)N(C)C)C(C)C(C)C(=O)N1CCCC1. The Labute approximate surface area is 165 Å². The molecule has 0 aromatic heterocycles. The molecule has 0 bridgehead atoms. The van der Waals surface area contributed by atoms with Gasteiger partial charge in [-0.1, -0.05) is 27.7 Å². The minimum atomic E-state index is -0.673. The van der Waals surface area contributed by atoms with Crippen LogP contribution < -0.4 is 5.32 Å². The van der Waals surface area contributed by atoms with Gasteiger partial charge in [-0.2, -0.15) is 0 Å². The summed E-state index contributed by atoms with van der Waals surface area (Å²) in [7, 11) is 3.46. The van der Waals surface area contributed by atoms with Crippen LogP contribution in [0.5, 0.6) is 0 Å². The minimum absolute atomic E-state index is 0.00410. The van der Waals surface area contributed by atoms with Gasteiger partial charge < -0.3 is 15.1 Å². The van der Waals surface area contributed by atoms with Crippen LogP contribution in [0.2, 0.25) is 0 Å². The van der Waals surface area contributed by atoms with Crippen molar-refractivity contribution in [3.63, 3.8) is 0 Å². The Hall–Kier alpha value is -1.59. The van der Waals surface area contributed by atoms with Crippen molar-refractivity contribution in [1.82, 2.24) is 15.1 Å². The van der Waals surface area contributed by atoms with Crippen molar-refractivity contribution in [2.75, 3.05) is 27.2 Å². The Morgan fingerprint density at radius 1 is 1.04 bits per heavy atom. The summed E-state index contributed by atoms with van der Waals surface area (Å²) in [4.78, 5) is 41.9. The van der Waals surface area contributed by atoms with E-state index < -0.39 is 11.3 Å². The second-order valence-corrected chi connectivity index (χ2v) is 9.24. The van der Waals surface area contributed by atoms with Gasteiger partial charge in [-0.25, -0.2) is 0 Å². The molecule has 6 heteroatoms. The van der Waals surface area contributed by atoms with E-state index in [0.29, 0.717) is 6.42 Å². The standard InChI is InChI=1S/C21H39N3O3/c1-14(2)22-18(25)17(13-21(5,6)20(27)23(7)8)15(3)16(4)19(26)24-11-9-10-12-24/h14-17H,9-13H2,1-8H3,(H,22,25). The highest BCUT2D eigenvalue weighted by Gasteiger charge is 2.40. The Morgan fingerprint density at radius 2 is 1.56 bits per heavy atom. The van der Waals surface area contributed by atoms with Crippen LogP contribution in [0.25, 0.3) is 0 Å². The van der Waals surface area contributed by atoms with Gasteiger partial charge >= 0.3 is 0 Å². The van der Waals surface area contributed by atoms with Crippen molar-refractivity contribution < 1.29 is 14.4 Å². The quantitative estimate of drug-likeness (QED) is 0.702. The molecule has 3 unspecified atom stereocenters. The summed E-state index contributed by atoms with van der Waals surface area (Å²) in [6.45, 7) is 13.1. The molecule has 1 aliphatic heterocycles. The number of carbonyl (C=O) groups excluding carboxylic acids is 3. The number of rotatable bonds is 8. The van der Waals surface area contributed by atoms with Crippen LogP contribution >= 0.6 is 0 Å². The summed E-state index contributed by atoms with van der Waals surface area (Å²) >= 11 is 0. The van der Waals surface area contributed by atoms with Crippen molar-refractivity contribution in [1.29, 1.82) is 0 Å². The summed E-state index contributed by atoms with van der Waals surface area (Å²) in [6.07, 6.45) is 2.52. The molecular weight excluding hydrogens is 342 g/mol. The molecule has 1 rings (SSSR count). The van der Waals surface area contributed by atoms with E-state index in [1.807, 2.05) is 46.4 Å². The average molecular weight is 382 g/mol. The highest BCUT2D eigenvalue weighted by atomic mass is 16.2. The Balaban J connectivity index is 3.03. The van der Waals surface area contributed by atoms with Gasteiger partial charge in [-0.3, -0.25) is 14.4 Å². The van der Waals surface area contributed by atoms with Gasteiger partial charge in [0.15, 0.2) is 0 Å². The molecule has 0 spiro atoms. The first-order chi connectivity index (χ1) is 12.4. The zero-order valence-electron chi connectivity index (χ0n) is 18.5. The van der Waals surface area contributed by atoms with E-state index in [9.17, 15) is 14.4 Å². The second kappa shape index (κ2) is 9.56. The second-order valence-electron chi connectivity index (χ2n) is 9.24. The molecule has 3 amide bonds. The van der Waals surface area contributed by atoms with E-state index >= 15 is 0 Å². The maximum atomic E-state index is 13.0. The monoisotopic (exact) mass is 381 g/mol. The van der Waals surface area contributed by atoms with E-state index in [2.05, 4.69) is 5.32 Å². The number of amides is 3. The third-order valence-corrected chi connectivity index (χ3v) is 5.71. The maximum absolute atomic E-state index is 13.0. The molecule has 0 aromatic carbocycles. The molecule has 27 heavy (non-hydrogen) atoms. The van der Waals surface area contributed by atoms with Gasteiger partial charge in [0.05, 0.1) is 0 Å². The van der Waals surface area contributed by atoms with Crippen LogP contribution in [-0.2, 0) is 14.4 Å². The van der Waals surface area contributed by atoms with Crippen LogP contribution in [0.3, 0.4) is 0 Å². The minimum Gasteiger partial charge on any atom is -0.354 e. The van der Waals surface area contributed by atoms with Gasteiger partial charge in [0.2, 0.25) is 17.7 Å². The lowest BCUT2D eigenvalue weighted by Crippen LogP contribution is -2.46. The third-order valence-electron chi connectivity index (χ3n) is 5.71. The van der Waals surface area contributed by atoms with E-state index in [0.717, 1.165) is 25.9 Å². The molecule has 1 heterocycles. The summed E-state index contributed by atoms with van der Waals surface area (Å²) < 4.78 is 0. The molecule has 0 saturated carbocycles. The topological polar surface area (TPSA) is 69.7 Å². The summed E-state index contributed by atoms with van der Waals surface area (Å²) in [5.74, 6) is -0.747. The highest BCUT2D eigenvalue weighted by Crippen LogP contribution is 2.35. The zero-order chi connectivity index (χ0) is 20.9. The van der Waals surface area contributed by atoms with Gasteiger partial charge in [-0.15, -0.1) is 0 Å². The molecule has 0 aromatic rings. The number of hydrogen-bond donors (Lipinski definition) is 1. The molecule has 1 N–H and O–H groups in total. The lowest BCUT2D eigenvalue weighted by molar-refractivity contribution is -0.141. The summed E-state index contributed by atoms with van der Waals surface area (Å²) in [5.41, 5.74) is -0.673. The molecular formula is C21H39N3O3.